The number of rotatable bonds is 5. The van der Waals surface area contributed by atoms with Crippen LogP contribution in [0.5, 0.6) is 0 Å². The second kappa shape index (κ2) is 7.40. The van der Waals surface area contributed by atoms with Crippen molar-refractivity contribution in [1.29, 1.82) is 0 Å². The van der Waals surface area contributed by atoms with Gasteiger partial charge in [0.2, 0.25) is 0 Å². The number of piperidine rings is 1. The number of carbonyl (C=O) groups excluding carboxylic acids is 1. The highest BCUT2D eigenvalue weighted by molar-refractivity contribution is 7.09. The van der Waals surface area contributed by atoms with Crippen molar-refractivity contribution in [2.45, 2.75) is 38.6 Å². The fourth-order valence-corrected chi connectivity index (χ4v) is 3.26. The van der Waals surface area contributed by atoms with E-state index in [4.69, 9.17) is 0 Å². The first kappa shape index (κ1) is 15.8. The molecule has 6 nitrogen and oxygen atoms in total. The first-order valence-electron chi connectivity index (χ1n) is 7.27. The third kappa shape index (κ3) is 4.17. The van der Waals surface area contributed by atoms with Crippen molar-refractivity contribution in [2.75, 3.05) is 13.1 Å². The van der Waals surface area contributed by atoms with E-state index in [-0.39, 0.29) is 6.03 Å². The van der Waals surface area contributed by atoms with E-state index in [1.165, 1.54) is 4.90 Å². The number of hydrogen-bond donors (Lipinski definition) is 2. The van der Waals surface area contributed by atoms with Gasteiger partial charge in [-0.05, 0) is 18.8 Å². The Morgan fingerprint density at radius 1 is 1.57 bits per heavy atom. The number of carboxylic acid groups (broad SMARTS) is 1. The zero-order valence-electron chi connectivity index (χ0n) is 12.1. The first-order valence-corrected chi connectivity index (χ1v) is 8.15. The Morgan fingerprint density at radius 2 is 2.38 bits per heavy atom. The average Bonchev–Trinajstić information content (AvgIpc) is 2.99. The van der Waals surface area contributed by atoms with Crippen molar-refractivity contribution in [2.24, 2.45) is 5.92 Å². The number of aromatic nitrogens is 1. The lowest BCUT2D eigenvalue weighted by atomic mass is 9.89. The molecule has 0 bridgehead atoms. The van der Waals surface area contributed by atoms with Crippen LogP contribution in [0.25, 0.3) is 0 Å². The van der Waals surface area contributed by atoms with Crippen LogP contribution in [-0.4, -0.2) is 46.1 Å². The number of likely N-dealkylation sites (tertiary alicyclic amines) is 1. The number of nitrogens with zero attached hydrogens (tertiary/aromatic N) is 2. The molecule has 1 aliphatic heterocycles. The second-order valence-electron chi connectivity index (χ2n) is 5.25. The minimum Gasteiger partial charge on any atom is -0.480 e. The van der Waals surface area contributed by atoms with Crippen LogP contribution < -0.4 is 5.32 Å². The number of aliphatic carboxylic acids is 1. The van der Waals surface area contributed by atoms with Gasteiger partial charge in [-0.2, -0.15) is 0 Å². The fraction of sp³-hybridized carbons (Fsp3) is 0.643. The van der Waals surface area contributed by atoms with Crippen molar-refractivity contribution < 1.29 is 14.7 Å². The average molecular weight is 311 g/mol. The van der Waals surface area contributed by atoms with E-state index < -0.39 is 12.0 Å². The number of amides is 2. The summed E-state index contributed by atoms with van der Waals surface area (Å²) in [5, 5.41) is 15.0. The number of thiazole rings is 1. The van der Waals surface area contributed by atoms with E-state index in [0.717, 1.165) is 17.8 Å². The zero-order chi connectivity index (χ0) is 15.2. The Balaban J connectivity index is 1.86. The molecule has 2 amide bonds. The first-order chi connectivity index (χ1) is 10.1. The summed E-state index contributed by atoms with van der Waals surface area (Å²) < 4.78 is 0. The number of carboxylic acids is 1. The predicted molar refractivity (Wildman–Crippen MR) is 80.4 cm³/mol. The van der Waals surface area contributed by atoms with Crippen LogP contribution in [0.3, 0.4) is 0 Å². The van der Waals surface area contributed by atoms with Crippen molar-refractivity contribution in [3.05, 3.63) is 16.6 Å². The van der Waals surface area contributed by atoms with Crippen molar-refractivity contribution in [3.63, 3.8) is 0 Å². The highest BCUT2D eigenvalue weighted by atomic mass is 32.1. The molecule has 0 aromatic carbocycles. The molecule has 0 radical (unpaired) electrons. The summed E-state index contributed by atoms with van der Waals surface area (Å²) in [5.74, 6) is -0.520. The Bertz CT molecular complexity index is 478. The standard InChI is InChI=1S/C14H21N3O3S/c1-2-10-4-7-17(11(9-10)13(18)19)14(20)16-5-3-12-15-6-8-21-12/h6,8,10-11H,2-5,7,9H2,1H3,(H,16,20)(H,18,19). The zero-order valence-corrected chi connectivity index (χ0v) is 12.9. The maximum atomic E-state index is 12.2. The molecule has 0 spiro atoms. The third-order valence-electron chi connectivity index (χ3n) is 3.93. The Kier molecular flexibility index (Phi) is 5.55. The molecule has 21 heavy (non-hydrogen) atoms. The number of carbonyl (C=O) groups is 2. The summed E-state index contributed by atoms with van der Waals surface area (Å²) in [6.07, 6.45) is 4.79. The molecule has 2 N–H and O–H groups in total. The summed E-state index contributed by atoms with van der Waals surface area (Å²) in [6, 6.07) is -0.989. The van der Waals surface area contributed by atoms with Gasteiger partial charge < -0.3 is 15.3 Å². The summed E-state index contributed by atoms with van der Waals surface area (Å²) in [7, 11) is 0. The van der Waals surface area contributed by atoms with Gasteiger partial charge in [-0.25, -0.2) is 14.6 Å². The molecule has 0 saturated carbocycles. The monoisotopic (exact) mass is 311 g/mol. The van der Waals surface area contributed by atoms with E-state index in [9.17, 15) is 14.7 Å². The Labute approximate surface area is 128 Å². The van der Waals surface area contributed by atoms with E-state index >= 15 is 0 Å². The predicted octanol–water partition coefficient (Wildman–Crippen LogP) is 1.97. The molecular formula is C14H21N3O3S. The lowest BCUT2D eigenvalue weighted by molar-refractivity contribution is -0.144. The Hall–Kier alpha value is -1.63. The van der Waals surface area contributed by atoms with E-state index in [1.54, 1.807) is 17.5 Å². The largest absolute Gasteiger partial charge is 0.480 e. The van der Waals surface area contributed by atoms with Gasteiger partial charge in [0.05, 0.1) is 5.01 Å². The summed E-state index contributed by atoms with van der Waals surface area (Å²) in [5.41, 5.74) is 0. The van der Waals surface area contributed by atoms with Crippen LogP contribution in [0.1, 0.15) is 31.2 Å². The van der Waals surface area contributed by atoms with Gasteiger partial charge >= 0.3 is 12.0 Å². The molecule has 2 rings (SSSR count). The molecule has 1 aliphatic rings. The normalized spacial score (nSPS) is 22.0. The molecule has 1 aromatic rings. The highest BCUT2D eigenvalue weighted by Crippen LogP contribution is 2.25. The summed E-state index contributed by atoms with van der Waals surface area (Å²) in [6.45, 7) is 3.05. The van der Waals surface area contributed by atoms with Crippen molar-refractivity contribution in [1.82, 2.24) is 15.2 Å². The molecule has 1 fully saturated rings. The molecule has 1 saturated heterocycles. The van der Waals surface area contributed by atoms with Crippen molar-refractivity contribution in [3.8, 4) is 0 Å². The van der Waals surface area contributed by atoms with Crippen LogP contribution in [0.4, 0.5) is 4.79 Å². The van der Waals surface area contributed by atoms with Gasteiger partial charge in [0, 0.05) is 31.1 Å². The maximum absolute atomic E-state index is 12.2. The smallest absolute Gasteiger partial charge is 0.326 e. The lowest BCUT2D eigenvalue weighted by Gasteiger charge is -2.36. The molecule has 0 aliphatic carbocycles. The minimum atomic E-state index is -0.914. The highest BCUT2D eigenvalue weighted by Gasteiger charge is 2.35. The van der Waals surface area contributed by atoms with E-state index in [0.29, 0.717) is 31.8 Å². The van der Waals surface area contributed by atoms with Gasteiger partial charge in [0.15, 0.2) is 0 Å². The molecule has 7 heteroatoms. The maximum Gasteiger partial charge on any atom is 0.326 e. The Morgan fingerprint density at radius 3 is 3.00 bits per heavy atom. The molecule has 2 heterocycles. The van der Waals surface area contributed by atoms with Crippen LogP contribution in [-0.2, 0) is 11.2 Å². The third-order valence-corrected chi connectivity index (χ3v) is 4.77. The van der Waals surface area contributed by atoms with Crippen LogP contribution in [0, 0.1) is 5.92 Å². The van der Waals surface area contributed by atoms with E-state index in [2.05, 4.69) is 17.2 Å². The molecule has 1 aromatic heterocycles. The molecule has 116 valence electrons. The van der Waals surface area contributed by atoms with Gasteiger partial charge in [-0.1, -0.05) is 13.3 Å². The van der Waals surface area contributed by atoms with Gasteiger partial charge in [-0.15, -0.1) is 11.3 Å². The van der Waals surface area contributed by atoms with E-state index in [1.807, 2.05) is 5.38 Å². The number of nitrogens with one attached hydrogen (secondary N) is 1. The fourth-order valence-electron chi connectivity index (χ4n) is 2.64. The SMILES string of the molecule is CCC1CCN(C(=O)NCCc2nccs2)C(C(=O)O)C1. The summed E-state index contributed by atoms with van der Waals surface area (Å²) in [4.78, 5) is 29.1. The van der Waals surface area contributed by atoms with Gasteiger partial charge in [0.25, 0.3) is 0 Å². The molecule has 2 unspecified atom stereocenters. The van der Waals surface area contributed by atoms with Gasteiger partial charge in [0.1, 0.15) is 6.04 Å². The molecule has 2 atom stereocenters. The van der Waals surface area contributed by atoms with Crippen LogP contribution >= 0.6 is 11.3 Å². The van der Waals surface area contributed by atoms with Gasteiger partial charge in [-0.3, -0.25) is 0 Å². The second-order valence-corrected chi connectivity index (χ2v) is 6.23. The topological polar surface area (TPSA) is 82.5 Å². The lowest BCUT2D eigenvalue weighted by Crippen LogP contribution is -2.53. The summed E-state index contributed by atoms with van der Waals surface area (Å²) >= 11 is 1.55. The number of hydrogen-bond acceptors (Lipinski definition) is 4. The molecular weight excluding hydrogens is 290 g/mol. The minimum absolute atomic E-state index is 0.284. The van der Waals surface area contributed by atoms with Crippen LogP contribution in [0.2, 0.25) is 0 Å². The van der Waals surface area contributed by atoms with Crippen molar-refractivity contribution >= 4 is 23.3 Å². The van der Waals surface area contributed by atoms with Crippen LogP contribution in [0.15, 0.2) is 11.6 Å². The number of urea groups is 1. The quantitative estimate of drug-likeness (QED) is 0.871.